The Hall–Kier alpha value is -0.610. The fourth-order valence-corrected chi connectivity index (χ4v) is 2.51. The average Bonchev–Trinajstić information content (AvgIpc) is 2.36. The van der Waals surface area contributed by atoms with Gasteiger partial charge in [0.1, 0.15) is 0 Å². The first-order valence-electron chi connectivity index (χ1n) is 6.51. The van der Waals surface area contributed by atoms with Gasteiger partial charge in [0.15, 0.2) is 5.96 Å². The maximum Gasteiger partial charge on any atom is 0.237 e. The number of rotatable bonds is 6. The van der Waals surface area contributed by atoms with Crippen LogP contribution in [0.3, 0.4) is 0 Å². The van der Waals surface area contributed by atoms with Gasteiger partial charge < -0.3 is 22.5 Å². The van der Waals surface area contributed by atoms with Gasteiger partial charge in [0.05, 0.1) is 6.04 Å². The van der Waals surface area contributed by atoms with Crippen molar-refractivity contribution in [3.05, 3.63) is 0 Å². The molecule has 1 saturated heterocycles. The molecule has 0 aromatic heterocycles. The summed E-state index contributed by atoms with van der Waals surface area (Å²) >= 11 is 2.30. The molecular formula is C11H23IN6O. The molecule has 0 aromatic carbocycles. The number of aliphatic imine (C=N–C) groups is 1. The largest absolute Gasteiger partial charge is 0.370 e. The summed E-state index contributed by atoms with van der Waals surface area (Å²) in [5, 5.41) is 3.01. The molecule has 110 valence electrons. The molecule has 0 aromatic rings. The first kappa shape index (κ1) is 16.4. The van der Waals surface area contributed by atoms with Crippen molar-refractivity contribution in [1.82, 2.24) is 8.43 Å². The Balaban J connectivity index is 2.19. The number of carbonyl (C=O) groups excluding carboxylic acids is 1. The second-order valence-corrected chi connectivity index (χ2v) is 6.11. The molecule has 1 amide bonds. The number of amides is 1. The highest BCUT2D eigenvalue weighted by Crippen LogP contribution is 2.13. The molecule has 1 heterocycles. The molecule has 0 aliphatic carbocycles. The van der Waals surface area contributed by atoms with Gasteiger partial charge in [-0.15, -0.1) is 0 Å². The van der Waals surface area contributed by atoms with E-state index in [1.165, 1.54) is 0 Å². The summed E-state index contributed by atoms with van der Waals surface area (Å²) in [5.74, 6) is 0.000176. The summed E-state index contributed by atoms with van der Waals surface area (Å²) in [6.45, 7) is 2.52. The number of carbonyl (C=O) groups is 1. The van der Waals surface area contributed by atoms with E-state index in [2.05, 4.69) is 36.3 Å². The van der Waals surface area contributed by atoms with Gasteiger partial charge in [-0.25, -0.2) is 3.11 Å². The summed E-state index contributed by atoms with van der Waals surface area (Å²) in [7, 11) is 0. The van der Waals surface area contributed by atoms with Gasteiger partial charge in [-0.3, -0.25) is 9.79 Å². The molecule has 19 heavy (non-hydrogen) atoms. The number of nitrogens with one attached hydrogen (secondary N) is 1. The predicted octanol–water partition coefficient (Wildman–Crippen LogP) is -0.702. The molecule has 0 bridgehead atoms. The summed E-state index contributed by atoms with van der Waals surface area (Å²) in [4.78, 5) is 15.7. The Morgan fingerprint density at radius 1 is 1.42 bits per heavy atom. The molecule has 1 aliphatic heterocycles. The van der Waals surface area contributed by atoms with E-state index < -0.39 is 6.04 Å². The van der Waals surface area contributed by atoms with E-state index in [4.69, 9.17) is 17.2 Å². The fraction of sp³-hybridized carbons (Fsp3) is 0.818. The maximum atomic E-state index is 11.9. The van der Waals surface area contributed by atoms with E-state index in [-0.39, 0.29) is 17.9 Å². The number of nitrogens with two attached hydrogens (primary N) is 3. The van der Waals surface area contributed by atoms with E-state index >= 15 is 0 Å². The van der Waals surface area contributed by atoms with E-state index in [1.54, 1.807) is 0 Å². The van der Waals surface area contributed by atoms with Crippen LogP contribution in [0.25, 0.3) is 0 Å². The van der Waals surface area contributed by atoms with Gasteiger partial charge in [0, 0.05) is 48.5 Å². The fourth-order valence-electron chi connectivity index (χ4n) is 1.95. The van der Waals surface area contributed by atoms with Crippen LogP contribution in [-0.4, -0.2) is 46.7 Å². The van der Waals surface area contributed by atoms with Crippen LogP contribution in [0.5, 0.6) is 0 Å². The minimum Gasteiger partial charge on any atom is -0.370 e. The lowest BCUT2D eigenvalue weighted by Crippen LogP contribution is -2.48. The molecule has 7 N–H and O–H groups in total. The molecule has 0 spiro atoms. The predicted molar refractivity (Wildman–Crippen MR) is 84.6 cm³/mol. The van der Waals surface area contributed by atoms with Crippen LogP contribution in [0.2, 0.25) is 0 Å². The zero-order valence-electron chi connectivity index (χ0n) is 11.0. The van der Waals surface area contributed by atoms with Gasteiger partial charge in [-0.1, -0.05) is 0 Å². The quantitative estimate of drug-likeness (QED) is 0.159. The van der Waals surface area contributed by atoms with E-state index in [0.717, 1.165) is 25.9 Å². The van der Waals surface area contributed by atoms with Crippen LogP contribution < -0.4 is 22.5 Å². The van der Waals surface area contributed by atoms with Crippen molar-refractivity contribution >= 4 is 34.7 Å². The van der Waals surface area contributed by atoms with Crippen molar-refractivity contribution in [1.29, 1.82) is 0 Å². The Kier molecular flexibility index (Phi) is 7.39. The third kappa shape index (κ3) is 6.92. The van der Waals surface area contributed by atoms with Crippen LogP contribution in [0.15, 0.2) is 4.99 Å². The summed E-state index contributed by atoms with van der Waals surface area (Å²) in [6.07, 6.45) is 3.26. The summed E-state index contributed by atoms with van der Waals surface area (Å²) in [5.41, 5.74) is 16.3. The minimum absolute atomic E-state index is 0.0726. The number of halogens is 1. The second kappa shape index (κ2) is 8.54. The molecule has 1 aliphatic rings. The summed E-state index contributed by atoms with van der Waals surface area (Å²) in [6, 6.07) is -0.228. The number of hydrogen-bond donors (Lipinski definition) is 4. The van der Waals surface area contributed by atoms with Gasteiger partial charge in [0.2, 0.25) is 5.91 Å². The normalized spacial score (nSPS) is 18.8. The standard InChI is InChI=1S/C11H23IN6O/c12-18-6-3-8(4-7-18)17-10(19)9(13)2-1-5-16-11(14)15/h8-9H,1-7,13H2,(H,17,19)(H4,14,15,16)/t9-/m0/s1. The molecule has 7 nitrogen and oxygen atoms in total. The van der Waals surface area contributed by atoms with E-state index in [0.29, 0.717) is 19.4 Å². The third-order valence-corrected chi connectivity index (χ3v) is 4.06. The Labute approximate surface area is 127 Å². The number of nitrogens with zero attached hydrogens (tertiary/aromatic N) is 2. The molecular weight excluding hydrogens is 359 g/mol. The van der Waals surface area contributed by atoms with Crippen molar-refractivity contribution in [2.75, 3.05) is 19.6 Å². The minimum atomic E-state index is -0.480. The lowest BCUT2D eigenvalue weighted by Gasteiger charge is -2.28. The van der Waals surface area contributed by atoms with Crippen LogP contribution in [0.1, 0.15) is 25.7 Å². The average molecular weight is 382 g/mol. The first-order valence-corrected chi connectivity index (χ1v) is 7.47. The highest BCUT2D eigenvalue weighted by atomic mass is 127. The topological polar surface area (TPSA) is 123 Å². The molecule has 0 saturated carbocycles. The molecule has 0 radical (unpaired) electrons. The first-order chi connectivity index (χ1) is 8.99. The molecule has 1 fully saturated rings. The maximum absolute atomic E-state index is 11.9. The highest BCUT2D eigenvalue weighted by molar-refractivity contribution is 14.1. The smallest absolute Gasteiger partial charge is 0.237 e. The van der Waals surface area contributed by atoms with Crippen molar-refractivity contribution in [3.63, 3.8) is 0 Å². The Morgan fingerprint density at radius 2 is 2.05 bits per heavy atom. The highest BCUT2D eigenvalue weighted by Gasteiger charge is 2.21. The Bertz CT molecular complexity index is 312. The molecule has 0 unspecified atom stereocenters. The van der Waals surface area contributed by atoms with Crippen molar-refractivity contribution in [3.8, 4) is 0 Å². The lowest BCUT2D eigenvalue weighted by atomic mass is 10.1. The van der Waals surface area contributed by atoms with Gasteiger partial charge in [0.25, 0.3) is 0 Å². The molecule has 8 heteroatoms. The zero-order valence-corrected chi connectivity index (χ0v) is 13.2. The number of guanidine groups is 1. The summed E-state index contributed by atoms with van der Waals surface area (Å²) < 4.78 is 2.23. The third-order valence-electron chi connectivity index (χ3n) is 3.09. The van der Waals surface area contributed by atoms with Crippen molar-refractivity contribution in [2.45, 2.75) is 37.8 Å². The van der Waals surface area contributed by atoms with Gasteiger partial charge in [-0.05, 0) is 25.7 Å². The lowest BCUT2D eigenvalue weighted by molar-refractivity contribution is -0.123. The van der Waals surface area contributed by atoms with E-state index in [9.17, 15) is 4.79 Å². The zero-order chi connectivity index (χ0) is 14.3. The Morgan fingerprint density at radius 3 is 2.63 bits per heavy atom. The monoisotopic (exact) mass is 382 g/mol. The van der Waals surface area contributed by atoms with Crippen LogP contribution in [-0.2, 0) is 4.79 Å². The SMILES string of the molecule is NC(N)=NCCC[C@H](N)C(=O)NC1CCN(I)CC1. The van der Waals surface area contributed by atoms with Gasteiger partial charge >= 0.3 is 0 Å². The van der Waals surface area contributed by atoms with Crippen LogP contribution >= 0.6 is 22.9 Å². The number of hydrogen-bond acceptors (Lipinski definition) is 4. The molecule has 1 atom stereocenters. The van der Waals surface area contributed by atoms with Crippen LogP contribution in [0, 0.1) is 0 Å². The number of piperidine rings is 1. The van der Waals surface area contributed by atoms with Crippen molar-refractivity contribution < 1.29 is 4.79 Å². The molecule has 1 rings (SSSR count). The van der Waals surface area contributed by atoms with E-state index in [1.807, 2.05) is 0 Å². The second-order valence-electron chi connectivity index (χ2n) is 4.75. The van der Waals surface area contributed by atoms with Crippen molar-refractivity contribution in [2.24, 2.45) is 22.2 Å². The van der Waals surface area contributed by atoms with Crippen LogP contribution in [0.4, 0.5) is 0 Å². The van der Waals surface area contributed by atoms with Gasteiger partial charge in [-0.2, -0.15) is 0 Å².